The van der Waals surface area contributed by atoms with Crippen molar-refractivity contribution in [3.63, 3.8) is 0 Å². The summed E-state index contributed by atoms with van der Waals surface area (Å²) in [5, 5.41) is 9.60. The van der Waals surface area contributed by atoms with E-state index in [1.54, 1.807) is 0 Å². The topological polar surface area (TPSA) is 72.8 Å². The highest BCUT2D eigenvalue weighted by Crippen LogP contribution is 2.17. The monoisotopic (exact) mass is 765 g/mol. The van der Waals surface area contributed by atoms with Gasteiger partial charge in [-0.2, -0.15) is 0 Å². The van der Waals surface area contributed by atoms with Gasteiger partial charge >= 0.3 is 11.9 Å². The lowest BCUT2D eigenvalue weighted by Crippen LogP contribution is -2.28. The smallest absolute Gasteiger partial charge is 0.306 e. The molecule has 1 N–H and O–H groups in total. The highest BCUT2D eigenvalue weighted by atomic mass is 16.6. The van der Waals surface area contributed by atoms with E-state index >= 15 is 0 Å². The molecule has 0 heterocycles. The van der Waals surface area contributed by atoms with E-state index in [-0.39, 0.29) is 25.2 Å². The molecule has 1 unspecified atom stereocenters. The molecule has 0 fully saturated rings. The fourth-order valence-corrected chi connectivity index (χ4v) is 7.68. The molecule has 0 spiro atoms. The third-order valence-corrected chi connectivity index (χ3v) is 11.4. The Bertz CT molecular complexity index is 740. The van der Waals surface area contributed by atoms with E-state index in [0.29, 0.717) is 12.8 Å². The number of hydrogen-bond acceptors (Lipinski definition) is 5. The predicted octanol–water partition coefficient (Wildman–Crippen LogP) is 15.9. The number of unbranched alkanes of at least 4 members (excludes halogenated alkanes) is 38. The molecule has 54 heavy (non-hydrogen) atoms. The van der Waals surface area contributed by atoms with Gasteiger partial charge in [-0.1, -0.05) is 258 Å². The van der Waals surface area contributed by atoms with Gasteiger partial charge in [0, 0.05) is 12.8 Å². The molecule has 0 amide bonds. The summed E-state index contributed by atoms with van der Waals surface area (Å²) >= 11 is 0. The van der Waals surface area contributed by atoms with Crippen molar-refractivity contribution in [3.8, 4) is 0 Å². The normalized spacial score (nSPS) is 12.0. The van der Waals surface area contributed by atoms with Gasteiger partial charge in [0.2, 0.25) is 0 Å². The van der Waals surface area contributed by atoms with Crippen molar-refractivity contribution in [1.29, 1.82) is 0 Å². The average Bonchev–Trinajstić information content (AvgIpc) is 3.17. The average molecular weight is 765 g/mol. The third-order valence-electron chi connectivity index (χ3n) is 11.4. The minimum atomic E-state index is -0.762. The lowest BCUT2D eigenvalue weighted by molar-refractivity contribution is -0.161. The number of hydrogen-bond donors (Lipinski definition) is 1. The molecule has 0 saturated carbocycles. The fourth-order valence-electron chi connectivity index (χ4n) is 7.68. The van der Waals surface area contributed by atoms with Crippen LogP contribution in [-0.2, 0) is 19.1 Å². The summed E-state index contributed by atoms with van der Waals surface area (Å²) in [6, 6.07) is 0. The fraction of sp³-hybridized carbons (Fsp3) is 0.959. The van der Waals surface area contributed by atoms with Crippen LogP contribution in [0.15, 0.2) is 0 Å². The van der Waals surface area contributed by atoms with Crippen LogP contribution < -0.4 is 0 Å². The summed E-state index contributed by atoms with van der Waals surface area (Å²) in [7, 11) is 0. The molecule has 1 atom stereocenters. The van der Waals surface area contributed by atoms with E-state index < -0.39 is 6.10 Å². The maximum atomic E-state index is 12.2. The Hall–Kier alpha value is -1.10. The Kier molecular flexibility index (Phi) is 45.3. The molecule has 5 nitrogen and oxygen atoms in total. The predicted molar refractivity (Wildman–Crippen MR) is 233 cm³/mol. The Labute approximate surface area is 338 Å². The molecule has 0 aliphatic heterocycles. The van der Waals surface area contributed by atoms with Crippen LogP contribution in [0, 0.1) is 0 Å². The van der Waals surface area contributed by atoms with E-state index in [2.05, 4.69) is 13.8 Å². The summed E-state index contributed by atoms with van der Waals surface area (Å²) in [5.41, 5.74) is 0. The van der Waals surface area contributed by atoms with Crippen LogP contribution in [0.3, 0.4) is 0 Å². The van der Waals surface area contributed by atoms with Gasteiger partial charge in [0.15, 0.2) is 6.10 Å². The van der Waals surface area contributed by atoms with Crippen LogP contribution >= 0.6 is 0 Å². The summed E-state index contributed by atoms with van der Waals surface area (Å²) in [4.78, 5) is 24.4. The second-order valence-electron chi connectivity index (χ2n) is 16.9. The molecular weight excluding hydrogens is 669 g/mol. The molecule has 0 aromatic carbocycles. The third kappa shape index (κ3) is 43.6. The van der Waals surface area contributed by atoms with Crippen LogP contribution in [0.25, 0.3) is 0 Å². The number of carbonyl (C=O) groups excluding carboxylic acids is 2. The first-order chi connectivity index (χ1) is 26.6. The highest BCUT2D eigenvalue weighted by molar-refractivity contribution is 5.70. The van der Waals surface area contributed by atoms with Crippen LogP contribution in [0.5, 0.6) is 0 Å². The molecule has 322 valence electrons. The Morgan fingerprint density at radius 3 is 0.815 bits per heavy atom. The first kappa shape index (κ1) is 52.9. The summed E-state index contributed by atoms with van der Waals surface area (Å²) in [6.45, 7) is 4.19. The van der Waals surface area contributed by atoms with Crippen molar-refractivity contribution in [1.82, 2.24) is 0 Å². The van der Waals surface area contributed by atoms with Crippen LogP contribution in [-0.4, -0.2) is 36.4 Å². The maximum Gasteiger partial charge on any atom is 0.306 e. The van der Waals surface area contributed by atoms with Crippen molar-refractivity contribution in [3.05, 3.63) is 0 Å². The number of esters is 2. The van der Waals surface area contributed by atoms with Crippen molar-refractivity contribution in [2.24, 2.45) is 0 Å². The van der Waals surface area contributed by atoms with Gasteiger partial charge in [0.05, 0.1) is 6.61 Å². The minimum Gasteiger partial charge on any atom is -0.462 e. The van der Waals surface area contributed by atoms with Crippen molar-refractivity contribution < 1.29 is 24.2 Å². The molecule has 0 aromatic rings. The van der Waals surface area contributed by atoms with Crippen molar-refractivity contribution in [2.45, 2.75) is 290 Å². The van der Waals surface area contributed by atoms with Gasteiger partial charge < -0.3 is 14.6 Å². The van der Waals surface area contributed by atoms with E-state index in [1.165, 1.54) is 225 Å². The van der Waals surface area contributed by atoms with Gasteiger partial charge in [0.25, 0.3) is 0 Å². The summed E-state index contributed by atoms with van der Waals surface area (Å²) < 4.78 is 10.7. The van der Waals surface area contributed by atoms with Gasteiger partial charge in [-0.15, -0.1) is 0 Å². The number of carbonyl (C=O) groups is 2. The van der Waals surface area contributed by atoms with E-state index in [1.807, 2.05) is 0 Å². The Morgan fingerprint density at radius 1 is 0.352 bits per heavy atom. The standard InChI is InChI=1S/C49H96O5/c1-3-5-7-9-11-13-15-17-19-20-21-22-23-24-25-26-27-28-30-32-34-36-38-40-42-44-49(52)54-47(45-50)46-53-48(51)43-41-39-37-35-33-31-29-18-16-14-12-10-8-6-4-2/h47,50H,3-46H2,1-2H3. The maximum absolute atomic E-state index is 12.2. The Balaban J connectivity index is 3.41. The zero-order valence-corrected chi connectivity index (χ0v) is 36.8. The first-order valence-corrected chi connectivity index (χ1v) is 24.6. The second-order valence-corrected chi connectivity index (χ2v) is 16.9. The molecule has 0 saturated heterocycles. The first-order valence-electron chi connectivity index (χ1n) is 24.6. The van der Waals surface area contributed by atoms with E-state index in [0.717, 1.165) is 32.1 Å². The van der Waals surface area contributed by atoms with Crippen LogP contribution in [0.4, 0.5) is 0 Å². The lowest BCUT2D eigenvalue weighted by Gasteiger charge is -2.15. The molecule has 0 bridgehead atoms. The van der Waals surface area contributed by atoms with Gasteiger partial charge in [-0.05, 0) is 12.8 Å². The highest BCUT2D eigenvalue weighted by Gasteiger charge is 2.16. The molecule has 0 aromatic heterocycles. The molecule has 5 heteroatoms. The summed E-state index contributed by atoms with van der Waals surface area (Å²) in [5.74, 6) is -0.569. The second kappa shape index (κ2) is 46.3. The zero-order valence-electron chi connectivity index (χ0n) is 36.8. The van der Waals surface area contributed by atoms with Crippen LogP contribution in [0.2, 0.25) is 0 Å². The van der Waals surface area contributed by atoms with E-state index in [4.69, 9.17) is 9.47 Å². The minimum absolute atomic E-state index is 0.0563. The van der Waals surface area contributed by atoms with E-state index in [9.17, 15) is 14.7 Å². The van der Waals surface area contributed by atoms with Gasteiger partial charge in [-0.25, -0.2) is 0 Å². The largest absolute Gasteiger partial charge is 0.462 e. The molecule has 0 rings (SSSR count). The van der Waals surface area contributed by atoms with Gasteiger partial charge in [0.1, 0.15) is 6.61 Å². The number of aliphatic hydroxyl groups excluding tert-OH is 1. The zero-order chi connectivity index (χ0) is 39.3. The number of ether oxygens (including phenoxy) is 2. The molecule has 0 radical (unpaired) electrons. The Morgan fingerprint density at radius 2 is 0.574 bits per heavy atom. The quantitative estimate of drug-likeness (QED) is 0.0494. The van der Waals surface area contributed by atoms with Crippen molar-refractivity contribution in [2.75, 3.05) is 13.2 Å². The number of rotatable bonds is 46. The van der Waals surface area contributed by atoms with Gasteiger partial charge in [-0.3, -0.25) is 9.59 Å². The lowest BCUT2D eigenvalue weighted by atomic mass is 10.0. The number of aliphatic hydroxyl groups is 1. The van der Waals surface area contributed by atoms with Crippen molar-refractivity contribution >= 4 is 11.9 Å². The van der Waals surface area contributed by atoms with Crippen LogP contribution in [0.1, 0.15) is 284 Å². The SMILES string of the molecule is CCCCCCCCCCCCCCCCCCCCCCCCCCCC(=O)OC(CO)COC(=O)CCCCCCCCCCCCCCCCC. The molecule has 0 aliphatic carbocycles. The molecule has 0 aliphatic rings. The molecular formula is C49H96O5. The summed E-state index contributed by atoms with van der Waals surface area (Å²) in [6.07, 6.45) is 53.4.